The molecule has 1 unspecified atom stereocenters. The first-order valence-corrected chi connectivity index (χ1v) is 6.62. The number of aliphatic hydroxyl groups is 1. The summed E-state index contributed by atoms with van der Waals surface area (Å²) in [4.78, 5) is 4.10. The predicted molar refractivity (Wildman–Crippen MR) is 71.5 cm³/mol. The van der Waals surface area contributed by atoms with Crippen LogP contribution >= 0.6 is 31.9 Å². The molecular formula is C11H11Br2N3O. The molecule has 90 valence electrons. The van der Waals surface area contributed by atoms with E-state index < -0.39 is 6.10 Å². The Labute approximate surface area is 116 Å². The molecule has 0 bridgehead atoms. The number of benzene rings is 1. The molecule has 1 aromatic carbocycles. The molecule has 0 spiro atoms. The van der Waals surface area contributed by atoms with Crippen LogP contribution in [0.1, 0.15) is 17.5 Å². The molecule has 0 aliphatic rings. The van der Waals surface area contributed by atoms with Crippen LogP contribution in [0.4, 0.5) is 0 Å². The maximum absolute atomic E-state index is 10.2. The highest BCUT2D eigenvalue weighted by atomic mass is 79.9. The summed E-state index contributed by atoms with van der Waals surface area (Å²) in [6.45, 7) is 0. The largest absolute Gasteiger partial charge is 0.388 e. The Kier molecular flexibility index (Phi) is 3.96. The molecule has 6 heteroatoms. The summed E-state index contributed by atoms with van der Waals surface area (Å²) in [5, 5.41) is 14.2. The second-order valence-electron chi connectivity index (χ2n) is 3.69. The molecule has 1 atom stereocenters. The van der Waals surface area contributed by atoms with Crippen molar-refractivity contribution < 1.29 is 5.11 Å². The van der Waals surface area contributed by atoms with Crippen molar-refractivity contribution in [2.24, 2.45) is 7.05 Å². The molecule has 1 heterocycles. The number of hydrogen-bond acceptors (Lipinski definition) is 3. The van der Waals surface area contributed by atoms with Gasteiger partial charge in [-0.2, -0.15) is 5.10 Å². The zero-order valence-electron chi connectivity index (χ0n) is 9.14. The predicted octanol–water partition coefficient (Wildman–Crippen LogP) is 2.62. The van der Waals surface area contributed by atoms with Crippen LogP contribution in [0.3, 0.4) is 0 Å². The molecule has 0 saturated heterocycles. The fourth-order valence-electron chi connectivity index (χ4n) is 1.56. The van der Waals surface area contributed by atoms with Gasteiger partial charge in [-0.3, -0.25) is 4.68 Å². The number of nitrogens with zero attached hydrogens (tertiary/aromatic N) is 3. The molecular weight excluding hydrogens is 350 g/mol. The minimum absolute atomic E-state index is 0.436. The fourth-order valence-corrected chi connectivity index (χ4v) is 2.45. The van der Waals surface area contributed by atoms with E-state index in [2.05, 4.69) is 41.9 Å². The van der Waals surface area contributed by atoms with Crippen LogP contribution in [0.2, 0.25) is 0 Å². The van der Waals surface area contributed by atoms with Crippen molar-refractivity contribution in [3.8, 4) is 0 Å². The van der Waals surface area contributed by atoms with E-state index in [-0.39, 0.29) is 0 Å². The standard InChI is InChI=1S/C11H11Br2N3O/c1-16-11(14-6-15-16)5-10(17)8-4-7(12)2-3-9(8)13/h2-4,6,10,17H,5H2,1H3. The number of aliphatic hydroxyl groups excluding tert-OH is 1. The Balaban J connectivity index is 2.23. The smallest absolute Gasteiger partial charge is 0.138 e. The van der Waals surface area contributed by atoms with Crippen LogP contribution in [0.15, 0.2) is 33.5 Å². The summed E-state index contributed by atoms with van der Waals surface area (Å²) in [5.41, 5.74) is 0.836. The van der Waals surface area contributed by atoms with Crippen LogP contribution in [0.25, 0.3) is 0 Å². The summed E-state index contributed by atoms with van der Waals surface area (Å²) in [7, 11) is 1.81. The van der Waals surface area contributed by atoms with Gasteiger partial charge in [-0.1, -0.05) is 31.9 Å². The SMILES string of the molecule is Cn1ncnc1CC(O)c1cc(Br)ccc1Br. The number of aromatic nitrogens is 3. The van der Waals surface area contributed by atoms with Crippen LogP contribution in [0.5, 0.6) is 0 Å². The van der Waals surface area contributed by atoms with Crippen LogP contribution in [-0.2, 0) is 13.5 Å². The van der Waals surface area contributed by atoms with Crippen molar-refractivity contribution in [3.05, 3.63) is 44.9 Å². The Bertz CT molecular complexity index is 527. The summed E-state index contributed by atoms with van der Waals surface area (Å²) in [6.07, 6.45) is 1.31. The summed E-state index contributed by atoms with van der Waals surface area (Å²) in [5.74, 6) is 0.754. The number of aryl methyl sites for hydroxylation is 1. The van der Waals surface area contributed by atoms with Gasteiger partial charge in [0.15, 0.2) is 0 Å². The summed E-state index contributed by atoms with van der Waals surface area (Å²) < 4.78 is 3.48. The van der Waals surface area contributed by atoms with E-state index in [1.54, 1.807) is 4.68 Å². The lowest BCUT2D eigenvalue weighted by Gasteiger charge is -2.12. The van der Waals surface area contributed by atoms with Gasteiger partial charge in [0, 0.05) is 22.4 Å². The van der Waals surface area contributed by atoms with E-state index in [9.17, 15) is 5.11 Å². The highest BCUT2D eigenvalue weighted by Gasteiger charge is 2.15. The molecule has 0 fully saturated rings. The number of hydrogen-bond donors (Lipinski definition) is 1. The molecule has 4 nitrogen and oxygen atoms in total. The van der Waals surface area contributed by atoms with Gasteiger partial charge in [-0.05, 0) is 23.8 Å². The average Bonchev–Trinajstić information content (AvgIpc) is 2.68. The second-order valence-corrected chi connectivity index (χ2v) is 5.46. The minimum atomic E-state index is -0.607. The third kappa shape index (κ3) is 2.94. The molecule has 0 saturated carbocycles. The second kappa shape index (κ2) is 5.29. The first kappa shape index (κ1) is 12.7. The van der Waals surface area contributed by atoms with Gasteiger partial charge in [-0.15, -0.1) is 0 Å². The minimum Gasteiger partial charge on any atom is -0.388 e. The van der Waals surface area contributed by atoms with Crippen molar-refractivity contribution in [3.63, 3.8) is 0 Å². The maximum Gasteiger partial charge on any atom is 0.138 e. The molecule has 17 heavy (non-hydrogen) atoms. The molecule has 0 aliphatic carbocycles. The highest BCUT2D eigenvalue weighted by Crippen LogP contribution is 2.28. The molecule has 0 amide bonds. The Hall–Kier alpha value is -0.720. The van der Waals surface area contributed by atoms with Crippen LogP contribution in [0, 0.1) is 0 Å². The molecule has 2 aromatic rings. The van der Waals surface area contributed by atoms with Gasteiger partial charge in [-0.25, -0.2) is 4.98 Å². The van der Waals surface area contributed by atoms with Gasteiger partial charge in [0.2, 0.25) is 0 Å². The van der Waals surface area contributed by atoms with Gasteiger partial charge >= 0.3 is 0 Å². The van der Waals surface area contributed by atoms with E-state index in [0.29, 0.717) is 6.42 Å². The van der Waals surface area contributed by atoms with Gasteiger partial charge < -0.3 is 5.11 Å². The Morgan fingerprint density at radius 2 is 2.18 bits per heavy atom. The normalized spacial score (nSPS) is 12.7. The van der Waals surface area contributed by atoms with Crippen LogP contribution in [-0.4, -0.2) is 19.9 Å². The maximum atomic E-state index is 10.2. The van der Waals surface area contributed by atoms with Crippen molar-refractivity contribution >= 4 is 31.9 Å². The summed E-state index contributed by atoms with van der Waals surface area (Å²) >= 11 is 6.82. The van der Waals surface area contributed by atoms with Gasteiger partial charge in [0.05, 0.1) is 6.10 Å². The summed E-state index contributed by atoms with van der Waals surface area (Å²) in [6, 6.07) is 5.72. The quantitative estimate of drug-likeness (QED) is 0.915. The molecule has 1 N–H and O–H groups in total. The zero-order chi connectivity index (χ0) is 12.4. The van der Waals surface area contributed by atoms with Gasteiger partial charge in [0.1, 0.15) is 12.2 Å². The monoisotopic (exact) mass is 359 g/mol. The highest BCUT2D eigenvalue weighted by molar-refractivity contribution is 9.11. The zero-order valence-corrected chi connectivity index (χ0v) is 12.3. The van der Waals surface area contributed by atoms with Crippen LogP contribution < -0.4 is 0 Å². The third-order valence-electron chi connectivity index (χ3n) is 2.50. The topological polar surface area (TPSA) is 50.9 Å². The fraction of sp³-hybridized carbons (Fsp3) is 0.273. The molecule has 0 radical (unpaired) electrons. The van der Waals surface area contributed by atoms with Crippen molar-refractivity contribution in [2.75, 3.05) is 0 Å². The average molecular weight is 361 g/mol. The Morgan fingerprint density at radius 3 is 2.82 bits per heavy atom. The van der Waals surface area contributed by atoms with Crippen molar-refractivity contribution in [1.82, 2.24) is 14.8 Å². The van der Waals surface area contributed by atoms with E-state index in [0.717, 1.165) is 20.3 Å². The van der Waals surface area contributed by atoms with Crippen molar-refractivity contribution in [1.29, 1.82) is 0 Å². The lowest BCUT2D eigenvalue weighted by atomic mass is 10.1. The first-order chi connectivity index (χ1) is 8.08. The van der Waals surface area contributed by atoms with E-state index in [1.165, 1.54) is 6.33 Å². The Morgan fingerprint density at radius 1 is 1.41 bits per heavy atom. The lowest BCUT2D eigenvalue weighted by Crippen LogP contribution is -2.08. The number of halogens is 2. The van der Waals surface area contributed by atoms with Gasteiger partial charge in [0.25, 0.3) is 0 Å². The van der Waals surface area contributed by atoms with E-state index >= 15 is 0 Å². The first-order valence-electron chi connectivity index (χ1n) is 5.04. The lowest BCUT2D eigenvalue weighted by molar-refractivity contribution is 0.173. The van der Waals surface area contributed by atoms with Crippen molar-refractivity contribution in [2.45, 2.75) is 12.5 Å². The molecule has 0 aliphatic heterocycles. The van der Waals surface area contributed by atoms with E-state index in [4.69, 9.17) is 0 Å². The van der Waals surface area contributed by atoms with E-state index in [1.807, 2.05) is 25.2 Å². The number of rotatable bonds is 3. The third-order valence-corrected chi connectivity index (χ3v) is 3.71. The molecule has 2 rings (SSSR count). The molecule has 1 aromatic heterocycles.